The zero-order chi connectivity index (χ0) is 20.7. The Morgan fingerprint density at radius 1 is 0.929 bits per heavy atom. The van der Waals surface area contributed by atoms with Crippen molar-refractivity contribution in [3.8, 4) is 0 Å². The Morgan fingerprint density at radius 2 is 1.50 bits per heavy atom. The van der Waals surface area contributed by atoms with Gasteiger partial charge in [0.05, 0.1) is 6.04 Å². The van der Waals surface area contributed by atoms with Crippen LogP contribution in [0.2, 0.25) is 0 Å². The van der Waals surface area contributed by atoms with Crippen LogP contribution < -0.4 is 5.32 Å². The van der Waals surface area contributed by atoms with Crippen LogP contribution in [0.4, 0.5) is 0 Å². The first kappa shape index (κ1) is 22.9. The molecule has 28 heavy (non-hydrogen) atoms. The summed E-state index contributed by atoms with van der Waals surface area (Å²) >= 11 is 0. The molecule has 2 saturated heterocycles. The molecule has 162 valence electrons. The van der Waals surface area contributed by atoms with Gasteiger partial charge in [0.2, 0.25) is 5.91 Å². The summed E-state index contributed by atoms with van der Waals surface area (Å²) in [6.07, 6.45) is 2.30. The fraction of sp³-hybridized carbons (Fsp3) is 0.905. The Balaban J connectivity index is 1.78. The molecule has 0 aromatic carbocycles. The van der Waals surface area contributed by atoms with Gasteiger partial charge in [-0.3, -0.25) is 19.6 Å². The second-order valence-corrected chi connectivity index (χ2v) is 8.63. The van der Waals surface area contributed by atoms with E-state index in [1.807, 2.05) is 11.9 Å². The molecule has 2 rings (SSSR count). The van der Waals surface area contributed by atoms with E-state index in [2.05, 4.69) is 59.6 Å². The van der Waals surface area contributed by atoms with Crippen LogP contribution in [-0.4, -0.2) is 109 Å². The highest BCUT2D eigenvalue weighted by Gasteiger charge is 2.30. The van der Waals surface area contributed by atoms with E-state index in [1.165, 1.54) is 0 Å². The zero-order valence-electron chi connectivity index (χ0n) is 18.9. The minimum absolute atomic E-state index is 0.0131. The van der Waals surface area contributed by atoms with Crippen molar-refractivity contribution in [2.75, 3.05) is 59.4 Å². The number of hydrogen-bond donors (Lipinski definition) is 1. The first-order chi connectivity index (χ1) is 13.3. The number of amides is 1. The van der Waals surface area contributed by atoms with Gasteiger partial charge in [-0.1, -0.05) is 0 Å². The highest BCUT2D eigenvalue weighted by Crippen LogP contribution is 2.14. The van der Waals surface area contributed by atoms with E-state index in [-0.39, 0.29) is 6.04 Å². The molecule has 0 aromatic heterocycles. The molecule has 1 amide bonds. The number of nitrogens with one attached hydrogen (secondary N) is 1. The largest absolute Gasteiger partial charge is 0.355 e. The van der Waals surface area contributed by atoms with Crippen LogP contribution in [0, 0.1) is 0 Å². The molecule has 0 aliphatic carbocycles. The number of likely N-dealkylation sites (tertiary alicyclic amines) is 1. The van der Waals surface area contributed by atoms with Crippen LogP contribution in [0.5, 0.6) is 0 Å². The molecule has 0 spiro atoms. The number of nitrogens with zero attached hydrogens (tertiary/aromatic N) is 5. The monoisotopic (exact) mass is 394 g/mol. The van der Waals surface area contributed by atoms with Crippen molar-refractivity contribution in [1.82, 2.24) is 24.9 Å². The van der Waals surface area contributed by atoms with E-state index in [1.54, 1.807) is 0 Å². The summed E-state index contributed by atoms with van der Waals surface area (Å²) in [5.41, 5.74) is 0. The van der Waals surface area contributed by atoms with Gasteiger partial charge in [0, 0.05) is 71.5 Å². The molecular formula is C21H42N6O. The second kappa shape index (κ2) is 11.0. The van der Waals surface area contributed by atoms with Crippen LogP contribution >= 0.6 is 0 Å². The number of carbonyl (C=O) groups excluding carboxylic acids is 1. The van der Waals surface area contributed by atoms with E-state index >= 15 is 0 Å². The maximum atomic E-state index is 12.7. The first-order valence-corrected chi connectivity index (χ1v) is 11.1. The number of carbonyl (C=O) groups is 1. The van der Waals surface area contributed by atoms with Crippen LogP contribution in [-0.2, 0) is 4.79 Å². The maximum absolute atomic E-state index is 12.7. The molecule has 0 saturated carbocycles. The fourth-order valence-electron chi connectivity index (χ4n) is 4.42. The molecule has 1 unspecified atom stereocenters. The van der Waals surface area contributed by atoms with E-state index in [9.17, 15) is 4.79 Å². The molecule has 0 radical (unpaired) electrons. The van der Waals surface area contributed by atoms with E-state index in [4.69, 9.17) is 0 Å². The Kier molecular flexibility index (Phi) is 9.02. The summed E-state index contributed by atoms with van der Waals surface area (Å²) in [4.78, 5) is 26.3. The summed E-state index contributed by atoms with van der Waals surface area (Å²) in [6, 6.07) is 1.07. The molecule has 2 fully saturated rings. The van der Waals surface area contributed by atoms with Gasteiger partial charge in [0.1, 0.15) is 0 Å². The quantitative estimate of drug-likeness (QED) is 0.521. The van der Waals surface area contributed by atoms with Crippen molar-refractivity contribution < 1.29 is 4.79 Å². The third kappa shape index (κ3) is 6.08. The van der Waals surface area contributed by atoms with Crippen molar-refractivity contribution >= 4 is 11.9 Å². The molecule has 0 aromatic rings. The van der Waals surface area contributed by atoms with Crippen LogP contribution in [0.1, 0.15) is 47.5 Å². The standard InChI is InChI=1S/C21H42N6O/c1-17(2)27(18(3)4)12-9-23-21(22-6)26-15-13-24(14-16-26)19(5)20(28)25-10-7-8-11-25/h17-19H,7-16H2,1-6H3,(H,22,23). The SMILES string of the molecule is CN=C(NCCN(C(C)C)C(C)C)N1CCN(C(C)C(=O)N2CCCC2)CC1. The Morgan fingerprint density at radius 3 is 2.00 bits per heavy atom. The summed E-state index contributed by atoms with van der Waals surface area (Å²) in [5, 5.41) is 3.53. The van der Waals surface area contributed by atoms with Gasteiger partial charge in [0.15, 0.2) is 5.96 Å². The van der Waals surface area contributed by atoms with Crippen molar-refractivity contribution in [1.29, 1.82) is 0 Å². The topological polar surface area (TPSA) is 54.4 Å². The lowest BCUT2D eigenvalue weighted by molar-refractivity contribution is -0.135. The predicted octanol–water partition coefficient (Wildman–Crippen LogP) is 1.31. The Hall–Kier alpha value is -1.34. The summed E-state index contributed by atoms with van der Waals surface area (Å²) < 4.78 is 0. The summed E-state index contributed by atoms with van der Waals surface area (Å²) in [5.74, 6) is 1.28. The van der Waals surface area contributed by atoms with Gasteiger partial charge in [-0.2, -0.15) is 0 Å². The molecule has 1 atom stereocenters. The molecular weight excluding hydrogens is 352 g/mol. The predicted molar refractivity (Wildman–Crippen MR) is 117 cm³/mol. The minimum Gasteiger partial charge on any atom is -0.355 e. The molecule has 0 bridgehead atoms. The number of rotatable bonds is 7. The molecule has 1 N–H and O–H groups in total. The summed E-state index contributed by atoms with van der Waals surface area (Å²) in [7, 11) is 1.86. The Labute approximate surface area is 172 Å². The summed E-state index contributed by atoms with van der Waals surface area (Å²) in [6.45, 7) is 18.5. The molecule has 2 aliphatic heterocycles. The number of aliphatic imine (C=N–C) groups is 1. The van der Waals surface area contributed by atoms with Crippen molar-refractivity contribution in [2.45, 2.75) is 65.6 Å². The third-order valence-electron chi connectivity index (χ3n) is 6.13. The van der Waals surface area contributed by atoms with Crippen molar-refractivity contribution in [3.05, 3.63) is 0 Å². The highest BCUT2D eigenvalue weighted by molar-refractivity contribution is 5.82. The van der Waals surface area contributed by atoms with Crippen molar-refractivity contribution in [2.24, 2.45) is 4.99 Å². The van der Waals surface area contributed by atoms with E-state index in [0.29, 0.717) is 18.0 Å². The lowest BCUT2D eigenvalue weighted by atomic mass is 10.2. The minimum atomic E-state index is -0.0131. The molecule has 2 heterocycles. The van der Waals surface area contributed by atoms with Crippen LogP contribution in [0.15, 0.2) is 4.99 Å². The maximum Gasteiger partial charge on any atom is 0.239 e. The van der Waals surface area contributed by atoms with E-state index in [0.717, 1.165) is 71.2 Å². The number of piperazine rings is 1. The molecule has 7 heteroatoms. The van der Waals surface area contributed by atoms with Gasteiger partial charge in [-0.15, -0.1) is 0 Å². The lowest BCUT2D eigenvalue weighted by Gasteiger charge is -2.39. The highest BCUT2D eigenvalue weighted by atomic mass is 16.2. The normalized spacial score (nSPS) is 20.5. The number of hydrogen-bond acceptors (Lipinski definition) is 4. The smallest absolute Gasteiger partial charge is 0.239 e. The van der Waals surface area contributed by atoms with Gasteiger partial charge >= 0.3 is 0 Å². The second-order valence-electron chi connectivity index (χ2n) is 8.63. The number of guanidine groups is 1. The Bertz CT molecular complexity index is 499. The van der Waals surface area contributed by atoms with Crippen molar-refractivity contribution in [3.63, 3.8) is 0 Å². The third-order valence-corrected chi connectivity index (χ3v) is 6.13. The van der Waals surface area contributed by atoms with Crippen LogP contribution in [0.3, 0.4) is 0 Å². The average molecular weight is 395 g/mol. The molecule has 7 nitrogen and oxygen atoms in total. The fourth-order valence-corrected chi connectivity index (χ4v) is 4.42. The zero-order valence-corrected chi connectivity index (χ0v) is 18.9. The van der Waals surface area contributed by atoms with Gasteiger partial charge in [-0.25, -0.2) is 0 Å². The first-order valence-electron chi connectivity index (χ1n) is 11.1. The van der Waals surface area contributed by atoms with Gasteiger partial charge in [-0.05, 0) is 47.5 Å². The molecule has 2 aliphatic rings. The lowest BCUT2D eigenvalue weighted by Crippen LogP contribution is -2.57. The van der Waals surface area contributed by atoms with Gasteiger partial charge in [0.25, 0.3) is 0 Å². The average Bonchev–Trinajstić information content (AvgIpc) is 3.21. The van der Waals surface area contributed by atoms with Gasteiger partial charge < -0.3 is 15.1 Å². The van der Waals surface area contributed by atoms with Crippen LogP contribution in [0.25, 0.3) is 0 Å². The van der Waals surface area contributed by atoms with E-state index < -0.39 is 0 Å².